The second-order valence-corrected chi connectivity index (χ2v) is 6.65. The molecular formula is C13H12BrFN2O3S. The summed E-state index contributed by atoms with van der Waals surface area (Å²) in [6.45, 7) is 0. The van der Waals surface area contributed by atoms with Gasteiger partial charge in [-0.05, 0) is 52.3 Å². The number of anilines is 2. The van der Waals surface area contributed by atoms with Crippen LogP contribution in [-0.2, 0) is 10.0 Å². The molecule has 2 aromatic carbocycles. The SMILES string of the molecule is COc1ccc(N)cc1S(=O)(=O)Nc1ccc(F)c(Br)c1. The summed E-state index contributed by atoms with van der Waals surface area (Å²) in [6.07, 6.45) is 0. The van der Waals surface area contributed by atoms with E-state index in [1.54, 1.807) is 0 Å². The summed E-state index contributed by atoms with van der Waals surface area (Å²) in [4.78, 5) is -0.0922. The van der Waals surface area contributed by atoms with E-state index >= 15 is 0 Å². The van der Waals surface area contributed by atoms with Gasteiger partial charge < -0.3 is 10.5 Å². The van der Waals surface area contributed by atoms with Crippen molar-refractivity contribution >= 4 is 37.3 Å². The zero-order valence-corrected chi connectivity index (χ0v) is 13.3. The Hall–Kier alpha value is -1.80. The average molecular weight is 375 g/mol. The van der Waals surface area contributed by atoms with E-state index in [-0.39, 0.29) is 26.5 Å². The molecule has 0 radical (unpaired) electrons. The van der Waals surface area contributed by atoms with Crippen LogP contribution in [0.3, 0.4) is 0 Å². The van der Waals surface area contributed by atoms with Crippen LogP contribution in [0.2, 0.25) is 0 Å². The maximum atomic E-state index is 13.2. The number of hydrogen-bond acceptors (Lipinski definition) is 4. The lowest BCUT2D eigenvalue weighted by atomic mass is 10.3. The second-order valence-electron chi connectivity index (χ2n) is 4.14. The molecule has 0 atom stereocenters. The van der Waals surface area contributed by atoms with Gasteiger partial charge in [0.15, 0.2) is 0 Å². The standard InChI is InChI=1S/C13H12BrFN2O3S/c1-20-12-5-2-8(16)6-13(12)21(18,19)17-9-3-4-11(15)10(14)7-9/h2-7,17H,16H2,1H3. The number of ether oxygens (including phenoxy) is 1. The lowest BCUT2D eigenvalue weighted by Crippen LogP contribution is -2.14. The van der Waals surface area contributed by atoms with E-state index in [4.69, 9.17) is 10.5 Å². The van der Waals surface area contributed by atoms with Crippen molar-refractivity contribution in [3.05, 3.63) is 46.7 Å². The highest BCUT2D eigenvalue weighted by Crippen LogP contribution is 2.28. The van der Waals surface area contributed by atoms with Gasteiger partial charge in [0.25, 0.3) is 10.0 Å². The number of nitrogens with one attached hydrogen (secondary N) is 1. The van der Waals surface area contributed by atoms with Gasteiger partial charge in [-0.15, -0.1) is 0 Å². The predicted octanol–water partition coefficient (Wildman–Crippen LogP) is 2.98. The Bertz CT molecular complexity index is 781. The van der Waals surface area contributed by atoms with Crippen LogP contribution < -0.4 is 15.2 Å². The first-order chi connectivity index (χ1) is 9.83. The third-order valence-electron chi connectivity index (χ3n) is 2.65. The van der Waals surface area contributed by atoms with Crippen LogP contribution in [0, 0.1) is 5.82 Å². The lowest BCUT2D eigenvalue weighted by molar-refractivity contribution is 0.403. The minimum absolute atomic E-state index is 0.0922. The average Bonchev–Trinajstić information content (AvgIpc) is 2.42. The van der Waals surface area contributed by atoms with Crippen molar-refractivity contribution in [2.75, 3.05) is 17.6 Å². The van der Waals surface area contributed by atoms with Gasteiger partial charge in [-0.3, -0.25) is 4.72 Å². The molecule has 2 aromatic rings. The Morgan fingerprint density at radius 1 is 1.24 bits per heavy atom. The number of sulfonamides is 1. The molecule has 0 aliphatic heterocycles. The third kappa shape index (κ3) is 3.45. The van der Waals surface area contributed by atoms with Crippen molar-refractivity contribution in [3.63, 3.8) is 0 Å². The Balaban J connectivity index is 2.42. The Morgan fingerprint density at radius 2 is 1.95 bits per heavy atom. The number of nitrogens with two attached hydrogens (primary N) is 1. The van der Waals surface area contributed by atoms with E-state index in [0.717, 1.165) is 6.07 Å². The molecule has 8 heteroatoms. The molecule has 21 heavy (non-hydrogen) atoms. The van der Waals surface area contributed by atoms with E-state index in [0.29, 0.717) is 0 Å². The molecule has 0 aliphatic carbocycles. The molecule has 0 bridgehead atoms. The molecule has 0 aliphatic rings. The van der Waals surface area contributed by atoms with Crippen LogP contribution >= 0.6 is 15.9 Å². The molecule has 0 saturated carbocycles. The molecule has 5 nitrogen and oxygen atoms in total. The van der Waals surface area contributed by atoms with Gasteiger partial charge in [-0.2, -0.15) is 0 Å². The molecule has 0 fully saturated rings. The van der Waals surface area contributed by atoms with Gasteiger partial charge in [0.1, 0.15) is 16.5 Å². The minimum Gasteiger partial charge on any atom is -0.495 e. The van der Waals surface area contributed by atoms with Crippen molar-refractivity contribution < 1.29 is 17.5 Å². The van der Waals surface area contributed by atoms with Crippen molar-refractivity contribution in [1.82, 2.24) is 0 Å². The predicted molar refractivity (Wildman–Crippen MR) is 82.3 cm³/mol. The normalized spacial score (nSPS) is 11.2. The fourth-order valence-corrected chi connectivity index (χ4v) is 3.31. The lowest BCUT2D eigenvalue weighted by Gasteiger charge is -2.12. The topological polar surface area (TPSA) is 81.4 Å². The molecule has 112 valence electrons. The van der Waals surface area contributed by atoms with E-state index < -0.39 is 15.8 Å². The van der Waals surface area contributed by atoms with E-state index in [1.165, 1.54) is 37.4 Å². The van der Waals surface area contributed by atoms with Gasteiger partial charge in [0, 0.05) is 5.69 Å². The summed E-state index contributed by atoms with van der Waals surface area (Å²) in [5.41, 5.74) is 6.12. The van der Waals surface area contributed by atoms with Gasteiger partial charge in [0.05, 0.1) is 17.3 Å². The summed E-state index contributed by atoms with van der Waals surface area (Å²) < 4.78 is 45.4. The van der Waals surface area contributed by atoms with Crippen LogP contribution in [0.15, 0.2) is 45.8 Å². The molecule has 0 heterocycles. The quantitative estimate of drug-likeness (QED) is 0.806. The van der Waals surface area contributed by atoms with E-state index in [9.17, 15) is 12.8 Å². The number of methoxy groups -OCH3 is 1. The zero-order chi connectivity index (χ0) is 15.6. The molecule has 0 aromatic heterocycles. The Morgan fingerprint density at radius 3 is 2.57 bits per heavy atom. The van der Waals surface area contributed by atoms with Crippen molar-refractivity contribution in [2.45, 2.75) is 4.90 Å². The highest BCUT2D eigenvalue weighted by atomic mass is 79.9. The maximum absolute atomic E-state index is 13.2. The second kappa shape index (κ2) is 5.90. The van der Waals surface area contributed by atoms with Crippen molar-refractivity contribution in [3.8, 4) is 5.75 Å². The number of hydrogen-bond donors (Lipinski definition) is 2. The fraction of sp³-hybridized carbons (Fsp3) is 0.0769. The van der Waals surface area contributed by atoms with Crippen LogP contribution in [0.5, 0.6) is 5.75 Å². The van der Waals surface area contributed by atoms with E-state index in [1.807, 2.05) is 0 Å². The molecule has 0 spiro atoms. The van der Waals surface area contributed by atoms with Crippen molar-refractivity contribution in [2.24, 2.45) is 0 Å². The molecule has 3 N–H and O–H groups in total. The number of nitrogen functional groups attached to an aromatic ring is 1. The van der Waals surface area contributed by atoms with Gasteiger partial charge >= 0.3 is 0 Å². The molecular weight excluding hydrogens is 363 g/mol. The molecule has 2 rings (SSSR count). The largest absolute Gasteiger partial charge is 0.495 e. The smallest absolute Gasteiger partial charge is 0.265 e. The summed E-state index contributed by atoms with van der Waals surface area (Å²) in [5, 5.41) is 0. The van der Waals surface area contributed by atoms with Crippen LogP contribution in [0.4, 0.5) is 15.8 Å². The van der Waals surface area contributed by atoms with E-state index in [2.05, 4.69) is 20.7 Å². The van der Waals surface area contributed by atoms with Crippen LogP contribution in [0.1, 0.15) is 0 Å². The van der Waals surface area contributed by atoms with Gasteiger partial charge in [0.2, 0.25) is 0 Å². The van der Waals surface area contributed by atoms with Crippen LogP contribution in [-0.4, -0.2) is 15.5 Å². The summed E-state index contributed by atoms with van der Waals surface area (Å²) in [5.74, 6) is -0.322. The highest BCUT2D eigenvalue weighted by molar-refractivity contribution is 9.10. The number of halogens is 2. The fourth-order valence-electron chi connectivity index (χ4n) is 1.67. The molecule has 0 amide bonds. The van der Waals surface area contributed by atoms with Crippen molar-refractivity contribution in [1.29, 1.82) is 0 Å². The van der Waals surface area contributed by atoms with Gasteiger partial charge in [-0.25, -0.2) is 12.8 Å². The first-order valence-corrected chi connectivity index (χ1v) is 8.02. The first-order valence-electron chi connectivity index (χ1n) is 5.75. The first kappa shape index (κ1) is 15.6. The highest BCUT2D eigenvalue weighted by Gasteiger charge is 2.20. The third-order valence-corrected chi connectivity index (χ3v) is 4.66. The Labute approximate surface area is 130 Å². The number of rotatable bonds is 4. The minimum atomic E-state index is -3.91. The zero-order valence-electron chi connectivity index (χ0n) is 10.9. The molecule has 0 saturated heterocycles. The summed E-state index contributed by atoms with van der Waals surface area (Å²) in [7, 11) is -2.55. The monoisotopic (exact) mass is 374 g/mol. The molecule has 0 unspecified atom stereocenters. The summed E-state index contributed by atoms with van der Waals surface area (Å²) >= 11 is 3.00. The Kier molecular flexibility index (Phi) is 4.38. The maximum Gasteiger partial charge on any atom is 0.265 e. The van der Waals surface area contributed by atoms with Crippen LogP contribution in [0.25, 0.3) is 0 Å². The van der Waals surface area contributed by atoms with Gasteiger partial charge in [-0.1, -0.05) is 0 Å². The summed E-state index contributed by atoms with van der Waals surface area (Å²) in [6, 6.07) is 8.08. The number of benzene rings is 2.